The predicted molar refractivity (Wildman–Crippen MR) is 73.0 cm³/mol. The Morgan fingerprint density at radius 2 is 2.00 bits per heavy atom. The van der Waals surface area contributed by atoms with E-state index in [0.29, 0.717) is 5.75 Å². The number of carbonyl (C=O) groups is 1. The van der Waals surface area contributed by atoms with Crippen molar-refractivity contribution in [2.75, 3.05) is 0 Å². The minimum absolute atomic E-state index is 0.0631. The molecule has 3 rings (SSSR count). The van der Waals surface area contributed by atoms with Crippen molar-refractivity contribution in [1.29, 1.82) is 0 Å². The number of carboxylic acids is 1. The zero-order valence-electron chi connectivity index (χ0n) is 10.4. The Morgan fingerprint density at radius 3 is 2.85 bits per heavy atom. The average Bonchev–Trinajstić information content (AvgIpc) is 2.47. The fraction of sp³-hybridized carbons (Fsp3) is 0. The number of hydrogen-bond donors (Lipinski definition) is 1. The summed E-state index contributed by atoms with van der Waals surface area (Å²) >= 11 is 0. The Kier molecular flexibility index (Phi) is 3.01. The van der Waals surface area contributed by atoms with Crippen LogP contribution in [-0.4, -0.2) is 21.0 Å². The Balaban J connectivity index is 1.99. The van der Waals surface area contributed by atoms with Crippen LogP contribution in [0.5, 0.6) is 11.5 Å². The highest BCUT2D eigenvalue weighted by molar-refractivity contribution is 5.90. The topological polar surface area (TPSA) is 72.3 Å². The molecular formula is C15H10N2O3. The third-order valence-electron chi connectivity index (χ3n) is 2.81. The lowest BCUT2D eigenvalue weighted by Crippen LogP contribution is -2.00. The van der Waals surface area contributed by atoms with Gasteiger partial charge in [-0.25, -0.2) is 4.79 Å². The van der Waals surface area contributed by atoms with Crippen molar-refractivity contribution in [2.45, 2.75) is 0 Å². The molecule has 1 N–H and O–H groups in total. The van der Waals surface area contributed by atoms with Gasteiger partial charge in [-0.15, -0.1) is 0 Å². The molecule has 98 valence electrons. The molecule has 5 nitrogen and oxygen atoms in total. The van der Waals surface area contributed by atoms with Crippen LogP contribution < -0.4 is 4.74 Å². The van der Waals surface area contributed by atoms with E-state index in [4.69, 9.17) is 9.84 Å². The number of aromatic nitrogens is 2. The van der Waals surface area contributed by atoms with Gasteiger partial charge in [0.15, 0.2) is 5.75 Å². The third-order valence-corrected chi connectivity index (χ3v) is 2.81. The standard InChI is InChI=1S/C15H10N2O3/c18-15(19)12-5-6-16-9-14(12)20-11-7-10-3-1-2-4-13(10)17-8-11/h1-9H,(H,18,19). The summed E-state index contributed by atoms with van der Waals surface area (Å²) in [6.45, 7) is 0. The number of fused-ring (bicyclic) bond motifs is 1. The molecule has 0 aliphatic carbocycles. The predicted octanol–water partition coefficient (Wildman–Crippen LogP) is 3.12. The van der Waals surface area contributed by atoms with E-state index in [1.807, 2.05) is 24.3 Å². The summed E-state index contributed by atoms with van der Waals surface area (Å²) < 4.78 is 5.57. The fourth-order valence-corrected chi connectivity index (χ4v) is 1.87. The maximum Gasteiger partial charge on any atom is 0.339 e. The van der Waals surface area contributed by atoms with Crippen molar-refractivity contribution < 1.29 is 14.6 Å². The molecule has 0 aliphatic rings. The van der Waals surface area contributed by atoms with Crippen molar-refractivity contribution >= 4 is 16.9 Å². The lowest BCUT2D eigenvalue weighted by atomic mass is 10.2. The number of benzene rings is 1. The molecule has 2 heterocycles. The van der Waals surface area contributed by atoms with Crippen LogP contribution in [0.3, 0.4) is 0 Å². The number of pyridine rings is 2. The van der Waals surface area contributed by atoms with Crippen LogP contribution >= 0.6 is 0 Å². The van der Waals surface area contributed by atoms with Gasteiger partial charge in [-0.2, -0.15) is 0 Å². The molecule has 0 radical (unpaired) electrons. The van der Waals surface area contributed by atoms with Crippen LogP contribution in [0.25, 0.3) is 10.9 Å². The van der Waals surface area contributed by atoms with Crippen molar-refractivity contribution in [3.8, 4) is 11.5 Å². The number of carboxylic acid groups (broad SMARTS) is 1. The van der Waals surface area contributed by atoms with Gasteiger partial charge in [0, 0.05) is 11.6 Å². The first-order chi connectivity index (χ1) is 9.74. The molecule has 1 aromatic carbocycles. The van der Waals surface area contributed by atoms with Gasteiger partial charge in [-0.05, 0) is 18.2 Å². The summed E-state index contributed by atoms with van der Waals surface area (Å²) in [5.41, 5.74) is 0.914. The molecule has 0 fully saturated rings. The number of rotatable bonds is 3. The van der Waals surface area contributed by atoms with E-state index < -0.39 is 5.97 Å². The van der Waals surface area contributed by atoms with Crippen molar-refractivity contribution in [3.05, 3.63) is 60.6 Å². The number of para-hydroxylation sites is 1. The number of ether oxygens (including phenoxy) is 1. The molecule has 3 aromatic rings. The molecule has 2 aromatic heterocycles. The largest absolute Gasteiger partial charge is 0.478 e. The van der Waals surface area contributed by atoms with Crippen LogP contribution in [-0.2, 0) is 0 Å². The average molecular weight is 266 g/mol. The minimum Gasteiger partial charge on any atom is -0.478 e. The quantitative estimate of drug-likeness (QED) is 0.788. The van der Waals surface area contributed by atoms with Gasteiger partial charge < -0.3 is 9.84 Å². The van der Waals surface area contributed by atoms with Gasteiger partial charge in [-0.3, -0.25) is 9.97 Å². The van der Waals surface area contributed by atoms with Gasteiger partial charge in [0.05, 0.1) is 17.9 Å². The van der Waals surface area contributed by atoms with Crippen molar-refractivity contribution in [2.24, 2.45) is 0 Å². The first-order valence-corrected chi connectivity index (χ1v) is 5.94. The SMILES string of the molecule is O=C(O)c1ccncc1Oc1cnc2ccccc2c1. The number of hydrogen-bond acceptors (Lipinski definition) is 4. The summed E-state index contributed by atoms with van der Waals surface area (Å²) in [6, 6.07) is 10.8. The number of nitrogens with zero attached hydrogens (tertiary/aromatic N) is 2. The molecule has 20 heavy (non-hydrogen) atoms. The number of aromatic carboxylic acids is 1. The molecule has 0 saturated heterocycles. The van der Waals surface area contributed by atoms with E-state index in [1.165, 1.54) is 18.5 Å². The molecule has 0 spiro atoms. The summed E-state index contributed by atoms with van der Waals surface area (Å²) in [5.74, 6) is -0.396. The molecule has 0 bridgehead atoms. The van der Waals surface area contributed by atoms with Crippen molar-refractivity contribution in [3.63, 3.8) is 0 Å². The van der Waals surface area contributed by atoms with E-state index in [9.17, 15) is 4.79 Å². The second-order valence-corrected chi connectivity index (χ2v) is 4.14. The van der Waals surface area contributed by atoms with Crippen LogP contribution in [0.4, 0.5) is 0 Å². The summed E-state index contributed by atoms with van der Waals surface area (Å²) in [7, 11) is 0. The van der Waals surface area contributed by atoms with Crippen LogP contribution in [0.2, 0.25) is 0 Å². The van der Waals surface area contributed by atoms with Crippen LogP contribution in [0, 0.1) is 0 Å². The first-order valence-electron chi connectivity index (χ1n) is 5.94. The molecular weight excluding hydrogens is 256 g/mol. The highest BCUT2D eigenvalue weighted by Crippen LogP contribution is 2.26. The summed E-state index contributed by atoms with van der Waals surface area (Å²) in [6.07, 6.45) is 4.34. The highest BCUT2D eigenvalue weighted by atomic mass is 16.5. The van der Waals surface area contributed by atoms with Crippen LogP contribution in [0.1, 0.15) is 10.4 Å². The highest BCUT2D eigenvalue weighted by Gasteiger charge is 2.12. The molecule has 0 amide bonds. The fourth-order valence-electron chi connectivity index (χ4n) is 1.87. The summed E-state index contributed by atoms with van der Waals surface area (Å²) in [4.78, 5) is 19.2. The van der Waals surface area contributed by atoms with Gasteiger partial charge in [0.25, 0.3) is 0 Å². The molecule has 5 heteroatoms. The maximum atomic E-state index is 11.1. The molecule has 0 aliphatic heterocycles. The van der Waals surface area contributed by atoms with Gasteiger partial charge in [0.2, 0.25) is 0 Å². The van der Waals surface area contributed by atoms with E-state index in [2.05, 4.69) is 9.97 Å². The summed E-state index contributed by atoms with van der Waals surface area (Å²) in [5, 5.41) is 10.0. The lowest BCUT2D eigenvalue weighted by Gasteiger charge is -2.08. The van der Waals surface area contributed by atoms with E-state index in [-0.39, 0.29) is 11.3 Å². The van der Waals surface area contributed by atoms with E-state index >= 15 is 0 Å². The molecule has 0 atom stereocenters. The zero-order valence-corrected chi connectivity index (χ0v) is 10.4. The molecule has 0 saturated carbocycles. The normalized spacial score (nSPS) is 10.4. The second-order valence-electron chi connectivity index (χ2n) is 4.14. The van der Waals surface area contributed by atoms with E-state index in [0.717, 1.165) is 10.9 Å². The zero-order chi connectivity index (χ0) is 13.9. The Labute approximate surface area is 114 Å². The first kappa shape index (κ1) is 12.1. The van der Waals surface area contributed by atoms with Crippen LogP contribution in [0.15, 0.2) is 55.0 Å². The Hall–Kier alpha value is -2.95. The van der Waals surface area contributed by atoms with Gasteiger partial charge in [-0.1, -0.05) is 18.2 Å². The Morgan fingerprint density at radius 1 is 1.15 bits per heavy atom. The second kappa shape index (κ2) is 4.97. The monoisotopic (exact) mass is 266 g/mol. The Bertz CT molecular complexity index is 787. The van der Waals surface area contributed by atoms with Gasteiger partial charge in [0.1, 0.15) is 11.3 Å². The minimum atomic E-state index is -1.06. The smallest absolute Gasteiger partial charge is 0.339 e. The molecule has 0 unspecified atom stereocenters. The third kappa shape index (κ3) is 2.29. The lowest BCUT2D eigenvalue weighted by molar-refractivity contribution is 0.0694. The van der Waals surface area contributed by atoms with Gasteiger partial charge >= 0.3 is 5.97 Å². The maximum absolute atomic E-state index is 11.1. The van der Waals surface area contributed by atoms with Crippen molar-refractivity contribution in [1.82, 2.24) is 9.97 Å². The van der Waals surface area contributed by atoms with E-state index in [1.54, 1.807) is 12.3 Å².